The Morgan fingerprint density at radius 2 is 0.493 bits per heavy atom. The van der Waals surface area contributed by atoms with Crippen molar-refractivity contribution in [3.63, 3.8) is 0 Å². The third kappa shape index (κ3) is 60.1. The van der Waals surface area contributed by atoms with Crippen LogP contribution < -0.4 is 0 Å². The highest BCUT2D eigenvalue weighted by molar-refractivity contribution is 5.71. The molecule has 426 valence electrons. The SMILES string of the molecule is CCCCC/C=C\CCCCCCCC(=O)OCC(COC(=O)CCCCCCCCCCCCCCC/C=C\CCCCCCCCCC)OC(=O)CCCCCCCCC/C=C\C/C=C\CCCCCC. The van der Waals surface area contributed by atoms with E-state index in [4.69, 9.17) is 14.2 Å². The van der Waals surface area contributed by atoms with Gasteiger partial charge in [0.25, 0.3) is 0 Å². The highest BCUT2D eigenvalue weighted by atomic mass is 16.6. The first-order valence-corrected chi connectivity index (χ1v) is 32.1. The van der Waals surface area contributed by atoms with Gasteiger partial charge in [0.05, 0.1) is 0 Å². The zero-order valence-corrected chi connectivity index (χ0v) is 48.9. The minimum Gasteiger partial charge on any atom is -0.462 e. The van der Waals surface area contributed by atoms with Crippen LogP contribution in [0.25, 0.3) is 0 Å². The van der Waals surface area contributed by atoms with Crippen LogP contribution >= 0.6 is 0 Å². The van der Waals surface area contributed by atoms with Gasteiger partial charge in [-0.2, -0.15) is 0 Å². The number of allylic oxidation sites excluding steroid dienone is 8. The summed E-state index contributed by atoms with van der Waals surface area (Å²) in [4.78, 5) is 38.2. The van der Waals surface area contributed by atoms with Crippen LogP contribution in [0.15, 0.2) is 48.6 Å². The largest absolute Gasteiger partial charge is 0.462 e. The van der Waals surface area contributed by atoms with Gasteiger partial charge in [-0.1, -0.05) is 268 Å². The molecule has 0 saturated carbocycles. The van der Waals surface area contributed by atoms with Crippen LogP contribution in [0.1, 0.15) is 342 Å². The maximum absolute atomic E-state index is 12.9. The minimum absolute atomic E-state index is 0.0767. The molecule has 0 aromatic rings. The summed E-state index contributed by atoms with van der Waals surface area (Å²) in [5.74, 6) is -0.877. The Morgan fingerprint density at radius 1 is 0.274 bits per heavy atom. The highest BCUT2D eigenvalue weighted by Gasteiger charge is 2.19. The summed E-state index contributed by atoms with van der Waals surface area (Å²) in [5, 5.41) is 0. The Hall–Kier alpha value is -2.63. The fraction of sp³-hybridized carbons (Fsp3) is 0.836. The van der Waals surface area contributed by atoms with Gasteiger partial charge in [-0.25, -0.2) is 0 Å². The van der Waals surface area contributed by atoms with Crippen molar-refractivity contribution in [3.05, 3.63) is 48.6 Å². The molecule has 0 aliphatic rings. The summed E-state index contributed by atoms with van der Waals surface area (Å²) in [6.45, 7) is 6.63. The topological polar surface area (TPSA) is 78.9 Å². The van der Waals surface area contributed by atoms with E-state index in [0.29, 0.717) is 19.3 Å². The molecule has 73 heavy (non-hydrogen) atoms. The van der Waals surface area contributed by atoms with Gasteiger partial charge in [-0.15, -0.1) is 0 Å². The summed E-state index contributed by atoms with van der Waals surface area (Å²) in [5.41, 5.74) is 0. The Bertz CT molecular complexity index is 1270. The van der Waals surface area contributed by atoms with Crippen molar-refractivity contribution in [2.75, 3.05) is 13.2 Å². The molecule has 1 unspecified atom stereocenters. The second-order valence-corrected chi connectivity index (χ2v) is 21.7. The van der Waals surface area contributed by atoms with Gasteiger partial charge in [-0.3, -0.25) is 14.4 Å². The van der Waals surface area contributed by atoms with Crippen LogP contribution in [0.2, 0.25) is 0 Å². The predicted molar refractivity (Wildman–Crippen MR) is 316 cm³/mol. The Kier molecular flexibility index (Phi) is 59.7. The lowest BCUT2D eigenvalue weighted by atomic mass is 10.0. The number of hydrogen-bond donors (Lipinski definition) is 0. The average Bonchev–Trinajstić information content (AvgIpc) is 3.39. The monoisotopic (exact) mass is 1020 g/mol. The van der Waals surface area contributed by atoms with Crippen molar-refractivity contribution in [2.45, 2.75) is 348 Å². The number of rotatable bonds is 59. The fourth-order valence-electron chi connectivity index (χ4n) is 9.41. The van der Waals surface area contributed by atoms with Gasteiger partial charge >= 0.3 is 17.9 Å². The van der Waals surface area contributed by atoms with Gasteiger partial charge < -0.3 is 14.2 Å². The van der Waals surface area contributed by atoms with Crippen LogP contribution in [0, 0.1) is 0 Å². The van der Waals surface area contributed by atoms with Crippen molar-refractivity contribution in [1.29, 1.82) is 0 Å². The fourth-order valence-corrected chi connectivity index (χ4v) is 9.41. The van der Waals surface area contributed by atoms with Crippen molar-refractivity contribution < 1.29 is 28.6 Å². The Morgan fingerprint density at radius 3 is 0.808 bits per heavy atom. The molecule has 0 aromatic heterocycles. The third-order valence-corrected chi connectivity index (χ3v) is 14.3. The van der Waals surface area contributed by atoms with E-state index in [2.05, 4.69) is 69.4 Å². The quantitative estimate of drug-likeness (QED) is 0.0261. The van der Waals surface area contributed by atoms with Crippen molar-refractivity contribution in [2.24, 2.45) is 0 Å². The zero-order chi connectivity index (χ0) is 52.9. The standard InChI is InChI=1S/C67H122O6/c1-4-7-10-13-16-19-22-25-27-29-31-32-33-34-35-36-37-39-40-42-45-48-51-54-57-60-66(69)72-63-64(62-71-65(68)59-56-53-50-47-44-24-21-18-15-12-9-6-3)73-67(70)61-58-55-52-49-46-43-41-38-30-28-26-23-20-17-14-11-8-5-2/h18,20-21,23,28-31,64H,4-17,19,22,24-27,32-63H2,1-3H3/b21-18-,23-20-,30-28-,31-29-. The first-order chi connectivity index (χ1) is 36.0. The summed E-state index contributed by atoms with van der Waals surface area (Å²) in [6.07, 6.45) is 76.9. The van der Waals surface area contributed by atoms with E-state index in [1.807, 2.05) is 0 Å². The molecule has 0 rings (SSSR count). The van der Waals surface area contributed by atoms with Crippen LogP contribution in [0.4, 0.5) is 0 Å². The molecule has 0 bridgehead atoms. The maximum Gasteiger partial charge on any atom is 0.306 e. The average molecular weight is 1020 g/mol. The molecule has 0 saturated heterocycles. The molecule has 0 N–H and O–H groups in total. The van der Waals surface area contributed by atoms with Gasteiger partial charge in [0, 0.05) is 19.3 Å². The Balaban J connectivity index is 4.25. The van der Waals surface area contributed by atoms with Crippen LogP contribution in [-0.4, -0.2) is 37.2 Å². The molecule has 0 fully saturated rings. The molecular formula is C67H122O6. The second-order valence-electron chi connectivity index (χ2n) is 21.7. The second kappa shape index (κ2) is 61.9. The van der Waals surface area contributed by atoms with Crippen LogP contribution in [-0.2, 0) is 28.6 Å². The first-order valence-electron chi connectivity index (χ1n) is 32.1. The molecule has 0 aromatic carbocycles. The molecule has 6 nitrogen and oxygen atoms in total. The van der Waals surface area contributed by atoms with Crippen molar-refractivity contribution in [1.82, 2.24) is 0 Å². The van der Waals surface area contributed by atoms with E-state index in [-0.39, 0.29) is 31.1 Å². The van der Waals surface area contributed by atoms with Crippen LogP contribution in [0.3, 0.4) is 0 Å². The summed E-state index contributed by atoms with van der Waals surface area (Å²) in [6, 6.07) is 0. The third-order valence-electron chi connectivity index (χ3n) is 14.3. The summed E-state index contributed by atoms with van der Waals surface area (Å²) < 4.78 is 16.9. The van der Waals surface area contributed by atoms with E-state index in [1.54, 1.807) is 0 Å². The number of esters is 3. The predicted octanol–water partition coefficient (Wildman–Crippen LogP) is 21.8. The number of ether oxygens (including phenoxy) is 3. The van der Waals surface area contributed by atoms with E-state index in [0.717, 1.165) is 77.0 Å². The van der Waals surface area contributed by atoms with Crippen molar-refractivity contribution in [3.8, 4) is 0 Å². The molecule has 0 aliphatic heterocycles. The van der Waals surface area contributed by atoms with E-state index in [1.165, 1.54) is 225 Å². The lowest BCUT2D eigenvalue weighted by Crippen LogP contribution is -2.30. The first kappa shape index (κ1) is 70.4. The number of carbonyl (C=O) groups is 3. The minimum atomic E-state index is -0.780. The molecule has 6 heteroatoms. The van der Waals surface area contributed by atoms with Gasteiger partial charge in [-0.05, 0) is 103 Å². The van der Waals surface area contributed by atoms with Gasteiger partial charge in [0.2, 0.25) is 0 Å². The molecular weight excluding hydrogens is 901 g/mol. The number of unbranched alkanes of at least 4 members (excludes halogenated alkanes) is 40. The summed E-state index contributed by atoms with van der Waals surface area (Å²) >= 11 is 0. The molecule has 0 aliphatic carbocycles. The molecule has 1 atom stereocenters. The zero-order valence-electron chi connectivity index (χ0n) is 48.9. The molecule has 0 spiro atoms. The van der Waals surface area contributed by atoms with Gasteiger partial charge in [0.15, 0.2) is 6.10 Å². The maximum atomic E-state index is 12.9. The molecule has 0 amide bonds. The van der Waals surface area contributed by atoms with E-state index >= 15 is 0 Å². The summed E-state index contributed by atoms with van der Waals surface area (Å²) in [7, 11) is 0. The van der Waals surface area contributed by atoms with Crippen LogP contribution in [0.5, 0.6) is 0 Å². The Labute approximate surface area is 454 Å². The molecule has 0 heterocycles. The number of carbonyl (C=O) groups excluding carboxylic acids is 3. The smallest absolute Gasteiger partial charge is 0.306 e. The number of hydrogen-bond acceptors (Lipinski definition) is 6. The molecule has 0 radical (unpaired) electrons. The van der Waals surface area contributed by atoms with Crippen molar-refractivity contribution >= 4 is 17.9 Å². The lowest BCUT2D eigenvalue weighted by Gasteiger charge is -2.18. The van der Waals surface area contributed by atoms with E-state index < -0.39 is 6.10 Å². The van der Waals surface area contributed by atoms with E-state index in [9.17, 15) is 14.4 Å². The van der Waals surface area contributed by atoms with Gasteiger partial charge in [0.1, 0.15) is 13.2 Å². The highest BCUT2D eigenvalue weighted by Crippen LogP contribution is 2.17. The lowest BCUT2D eigenvalue weighted by molar-refractivity contribution is -0.167. The normalized spacial score (nSPS) is 12.3.